The van der Waals surface area contributed by atoms with Crippen molar-refractivity contribution < 1.29 is 18.0 Å². The second kappa shape index (κ2) is 6.78. The summed E-state index contributed by atoms with van der Waals surface area (Å²) < 4.78 is 38.7. The molecule has 0 saturated carbocycles. The van der Waals surface area contributed by atoms with Gasteiger partial charge in [0.1, 0.15) is 4.32 Å². The number of pyridine rings is 1. The van der Waals surface area contributed by atoms with Crippen LogP contribution in [0.5, 0.6) is 0 Å². The quantitative estimate of drug-likeness (QED) is 0.574. The van der Waals surface area contributed by atoms with E-state index in [1.165, 1.54) is 12.1 Å². The molecule has 0 aliphatic carbocycles. The number of rotatable bonds is 2. The average Bonchev–Trinajstić information content (AvgIpc) is 2.84. The van der Waals surface area contributed by atoms with Crippen LogP contribution >= 0.6 is 35.6 Å². The highest BCUT2D eigenvalue weighted by molar-refractivity contribution is 8.26. The van der Waals surface area contributed by atoms with Crippen molar-refractivity contribution in [3.05, 3.63) is 57.6 Å². The van der Waals surface area contributed by atoms with Gasteiger partial charge in [0.2, 0.25) is 0 Å². The molecule has 3 nitrogen and oxygen atoms in total. The molecule has 3 rings (SSSR count). The number of hydrogen-bond acceptors (Lipinski definition) is 4. The van der Waals surface area contributed by atoms with Crippen LogP contribution in [0.1, 0.15) is 11.3 Å². The van der Waals surface area contributed by atoms with Gasteiger partial charge in [-0.05, 0) is 30.3 Å². The molecule has 0 bridgehead atoms. The third-order valence-corrected chi connectivity index (χ3v) is 4.74. The van der Waals surface area contributed by atoms with Gasteiger partial charge in [-0.3, -0.25) is 4.79 Å². The van der Waals surface area contributed by atoms with Gasteiger partial charge in [0.15, 0.2) is 0 Å². The summed E-state index contributed by atoms with van der Waals surface area (Å²) in [6, 6.07) is 8.46. The molecule has 1 saturated heterocycles. The van der Waals surface area contributed by atoms with Crippen LogP contribution in [0, 0.1) is 0 Å². The molecule has 0 unspecified atom stereocenters. The summed E-state index contributed by atoms with van der Waals surface area (Å²) in [7, 11) is 0. The van der Waals surface area contributed by atoms with Gasteiger partial charge in [-0.1, -0.05) is 47.7 Å². The summed E-state index contributed by atoms with van der Waals surface area (Å²) in [5, 5.41) is 2.10. The zero-order valence-corrected chi connectivity index (χ0v) is 14.6. The summed E-state index contributed by atoms with van der Waals surface area (Å²) in [6.07, 6.45) is -2.95. The Hall–Kier alpha value is -1.90. The summed E-state index contributed by atoms with van der Waals surface area (Å²) in [4.78, 5) is 16.4. The second-order valence-electron chi connectivity index (χ2n) is 4.99. The van der Waals surface area contributed by atoms with Crippen LogP contribution in [0.4, 0.5) is 13.2 Å². The Balaban J connectivity index is 1.95. The Kier molecular flexibility index (Phi) is 4.86. The number of benzene rings is 1. The highest BCUT2D eigenvalue weighted by atomic mass is 35.5. The van der Waals surface area contributed by atoms with E-state index < -0.39 is 16.8 Å². The molecule has 1 fully saturated rings. The first-order valence-electron chi connectivity index (χ1n) is 6.83. The molecule has 1 aromatic heterocycles. The van der Waals surface area contributed by atoms with Crippen molar-refractivity contribution in [3.63, 3.8) is 0 Å². The number of nitrogens with one attached hydrogen (secondary N) is 1. The Morgan fingerprint density at radius 1 is 1.24 bits per heavy atom. The number of thiocarbonyl (C=S) groups is 1. The van der Waals surface area contributed by atoms with E-state index in [2.05, 4.69) is 10.3 Å². The summed E-state index contributed by atoms with van der Waals surface area (Å²) in [5.41, 5.74) is 0.466. The van der Waals surface area contributed by atoms with Crippen LogP contribution in [-0.4, -0.2) is 15.2 Å². The van der Waals surface area contributed by atoms with E-state index in [0.29, 0.717) is 26.2 Å². The maximum atomic E-state index is 12.8. The molecule has 2 heterocycles. The zero-order chi connectivity index (χ0) is 18.2. The third-order valence-electron chi connectivity index (χ3n) is 3.26. The lowest BCUT2D eigenvalue weighted by Crippen LogP contribution is -2.17. The van der Waals surface area contributed by atoms with Crippen LogP contribution in [-0.2, 0) is 11.0 Å². The Morgan fingerprint density at radius 3 is 2.60 bits per heavy atom. The predicted molar refractivity (Wildman–Crippen MR) is 96.0 cm³/mol. The van der Waals surface area contributed by atoms with Gasteiger partial charge in [-0.2, -0.15) is 13.2 Å². The second-order valence-corrected chi connectivity index (χ2v) is 7.12. The first-order chi connectivity index (χ1) is 11.7. The maximum Gasteiger partial charge on any atom is 0.417 e. The van der Waals surface area contributed by atoms with Gasteiger partial charge < -0.3 is 5.32 Å². The lowest BCUT2D eigenvalue weighted by molar-refractivity contribution is -0.137. The van der Waals surface area contributed by atoms with Crippen LogP contribution in [0.2, 0.25) is 5.02 Å². The van der Waals surface area contributed by atoms with E-state index in [4.69, 9.17) is 23.8 Å². The number of carbonyl (C=O) groups excluding carboxylic acids is 1. The van der Waals surface area contributed by atoms with E-state index >= 15 is 0 Å². The van der Waals surface area contributed by atoms with E-state index in [0.717, 1.165) is 17.8 Å². The zero-order valence-electron chi connectivity index (χ0n) is 12.2. The van der Waals surface area contributed by atoms with Crippen LogP contribution in [0.15, 0.2) is 41.3 Å². The van der Waals surface area contributed by atoms with Gasteiger partial charge >= 0.3 is 6.18 Å². The highest BCUT2D eigenvalue weighted by Crippen LogP contribution is 2.36. The summed E-state index contributed by atoms with van der Waals surface area (Å²) >= 11 is 11.8. The SMILES string of the molecule is O=C1NC(=S)SC1=Cc1cccc(-c2ccc(C(F)(F)F)c(Cl)c2)n1. The van der Waals surface area contributed by atoms with Crippen molar-refractivity contribution >= 4 is 51.9 Å². The Labute approximate surface area is 155 Å². The number of aromatic nitrogens is 1. The fourth-order valence-corrected chi connectivity index (χ4v) is 3.47. The van der Waals surface area contributed by atoms with Gasteiger partial charge in [-0.25, -0.2) is 4.98 Å². The average molecular weight is 401 g/mol. The topological polar surface area (TPSA) is 42.0 Å². The van der Waals surface area contributed by atoms with Crippen LogP contribution in [0.25, 0.3) is 17.3 Å². The van der Waals surface area contributed by atoms with Crippen LogP contribution < -0.4 is 5.32 Å². The Bertz CT molecular complexity index is 912. The number of halogens is 4. The molecule has 0 atom stereocenters. The van der Waals surface area contributed by atoms with E-state index in [1.54, 1.807) is 24.3 Å². The molecule has 128 valence electrons. The normalized spacial score (nSPS) is 16.4. The largest absolute Gasteiger partial charge is 0.417 e. The molecule has 25 heavy (non-hydrogen) atoms. The number of amides is 1. The van der Waals surface area contributed by atoms with Crippen molar-refractivity contribution in [1.29, 1.82) is 0 Å². The van der Waals surface area contributed by atoms with Crippen molar-refractivity contribution in [3.8, 4) is 11.3 Å². The monoisotopic (exact) mass is 400 g/mol. The van der Waals surface area contributed by atoms with E-state index in [1.807, 2.05) is 0 Å². The number of hydrogen-bond donors (Lipinski definition) is 1. The number of alkyl halides is 3. The molecule has 1 aliphatic rings. The van der Waals surface area contributed by atoms with Gasteiger partial charge in [-0.15, -0.1) is 0 Å². The lowest BCUT2D eigenvalue weighted by atomic mass is 10.1. The first kappa shape index (κ1) is 17.9. The number of carbonyl (C=O) groups is 1. The smallest absolute Gasteiger partial charge is 0.307 e. The molecule has 9 heteroatoms. The molecule has 2 aromatic rings. The number of nitrogens with zero attached hydrogens (tertiary/aromatic N) is 1. The lowest BCUT2D eigenvalue weighted by Gasteiger charge is -2.10. The van der Waals surface area contributed by atoms with Crippen molar-refractivity contribution in [2.75, 3.05) is 0 Å². The minimum absolute atomic E-state index is 0.306. The standard InChI is InChI=1S/C16H8ClF3N2OS2/c17-11-6-8(4-5-10(11)16(18,19)20)12-3-1-2-9(21-12)7-13-14(23)22-15(24)25-13/h1-7H,(H,22,23,24). The fourth-order valence-electron chi connectivity index (χ4n) is 2.15. The van der Waals surface area contributed by atoms with Crippen molar-refractivity contribution in [2.45, 2.75) is 6.18 Å². The molecule has 0 radical (unpaired) electrons. The van der Waals surface area contributed by atoms with E-state index in [9.17, 15) is 18.0 Å². The predicted octanol–water partition coefficient (Wildman–Crippen LogP) is 4.91. The minimum Gasteiger partial charge on any atom is -0.307 e. The van der Waals surface area contributed by atoms with Crippen LogP contribution in [0.3, 0.4) is 0 Å². The minimum atomic E-state index is -4.51. The maximum absolute atomic E-state index is 12.8. The van der Waals surface area contributed by atoms with Gasteiger partial charge in [0.25, 0.3) is 5.91 Å². The van der Waals surface area contributed by atoms with E-state index in [-0.39, 0.29) is 5.91 Å². The summed E-state index contributed by atoms with van der Waals surface area (Å²) in [6.45, 7) is 0. The molecule has 0 spiro atoms. The molecule has 1 aliphatic heterocycles. The molecular weight excluding hydrogens is 393 g/mol. The number of thioether (sulfide) groups is 1. The first-order valence-corrected chi connectivity index (χ1v) is 8.43. The molecule has 1 amide bonds. The highest BCUT2D eigenvalue weighted by Gasteiger charge is 2.33. The Morgan fingerprint density at radius 2 is 2.00 bits per heavy atom. The van der Waals surface area contributed by atoms with Crippen molar-refractivity contribution in [1.82, 2.24) is 10.3 Å². The fraction of sp³-hybridized carbons (Fsp3) is 0.0625. The molecular formula is C16H8ClF3N2OS2. The summed E-state index contributed by atoms with van der Waals surface area (Å²) in [5.74, 6) is -0.306. The third kappa shape index (κ3) is 4.02. The van der Waals surface area contributed by atoms with Gasteiger partial charge in [0.05, 0.1) is 26.9 Å². The van der Waals surface area contributed by atoms with Gasteiger partial charge in [0, 0.05) is 5.56 Å². The molecule has 1 aromatic carbocycles. The van der Waals surface area contributed by atoms with Crippen molar-refractivity contribution in [2.24, 2.45) is 0 Å². The molecule has 1 N–H and O–H groups in total.